The van der Waals surface area contributed by atoms with E-state index in [9.17, 15) is 30.6 Å². The maximum absolute atomic E-state index is 10.4. The molecule has 6 heterocycles. The van der Waals surface area contributed by atoms with Crippen molar-refractivity contribution in [2.75, 3.05) is 36.9 Å². The summed E-state index contributed by atoms with van der Waals surface area (Å²) in [6, 6.07) is 0. The highest BCUT2D eigenvalue weighted by Crippen LogP contribution is 2.33. The number of anilines is 2. The average Bonchev–Trinajstić information content (AvgIpc) is 3.72. The lowest BCUT2D eigenvalue weighted by atomic mass is 10.1. The van der Waals surface area contributed by atoms with E-state index in [0.29, 0.717) is 47.1 Å². The van der Waals surface area contributed by atoms with Crippen LogP contribution in [0.15, 0.2) is 25.3 Å². The molecule has 2 aliphatic heterocycles. The standard InChI is InChI=1S/C22H28N10O8/c33-3-9-13(35)15(37)21(39-9)31-7-29-11-17(25-5-27-19(11)31)23-1-2-24-18-12-20(28-6-26-18)32(8-30-12)22-16(38)14(36)10(4-34)40-22/h5-10,13-16,21-22,33-38H,1-4H2,(H,23,25,27)(H,24,26,28)/t9-,10-,13-,14-,15-,16-,21-,22-/m0/s1. The predicted molar refractivity (Wildman–Crippen MR) is 134 cm³/mol. The van der Waals surface area contributed by atoms with Crippen LogP contribution in [0.1, 0.15) is 12.5 Å². The van der Waals surface area contributed by atoms with E-state index in [1.54, 1.807) is 0 Å². The minimum atomic E-state index is -1.28. The van der Waals surface area contributed by atoms with Crippen LogP contribution in [0.2, 0.25) is 0 Å². The second-order valence-electron chi connectivity index (χ2n) is 9.40. The van der Waals surface area contributed by atoms with Gasteiger partial charge in [-0.05, 0) is 0 Å². The highest BCUT2D eigenvalue weighted by atomic mass is 16.6. The van der Waals surface area contributed by atoms with Crippen molar-refractivity contribution in [1.29, 1.82) is 0 Å². The molecule has 2 fully saturated rings. The summed E-state index contributed by atoms with van der Waals surface area (Å²) in [5.74, 6) is 0.859. The number of hydrogen-bond acceptors (Lipinski definition) is 16. The van der Waals surface area contributed by atoms with Gasteiger partial charge in [-0.3, -0.25) is 9.13 Å². The molecule has 0 bridgehead atoms. The Bertz CT molecular complexity index is 1370. The molecule has 4 aromatic heterocycles. The second kappa shape index (κ2) is 10.7. The third-order valence-electron chi connectivity index (χ3n) is 7.01. The first-order valence-corrected chi connectivity index (χ1v) is 12.5. The van der Waals surface area contributed by atoms with Crippen molar-refractivity contribution in [3.05, 3.63) is 25.3 Å². The first-order valence-electron chi connectivity index (χ1n) is 12.5. The molecule has 8 N–H and O–H groups in total. The molecule has 0 aromatic carbocycles. The molecule has 40 heavy (non-hydrogen) atoms. The molecule has 2 saturated heterocycles. The van der Waals surface area contributed by atoms with Crippen molar-refractivity contribution in [3.63, 3.8) is 0 Å². The zero-order chi connectivity index (χ0) is 28.0. The van der Waals surface area contributed by atoms with E-state index in [1.807, 2.05) is 0 Å². The van der Waals surface area contributed by atoms with E-state index in [1.165, 1.54) is 34.4 Å². The maximum atomic E-state index is 10.4. The van der Waals surface area contributed by atoms with Crippen LogP contribution in [0, 0.1) is 0 Å². The Morgan fingerprint density at radius 2 is 1.05 bits per heavy atom. The average molecular weight is 561 g/mol. The summed E-state index contributed by atoms with van der Waals surface area (Å²) in [5, 5.41) is 66.0. The summed E-state index contributed by atoms with van der Waals surface area (Å²) in [6.45, 7) is -0.126. The summed E-state index contributed by atoms with van der Waals surface area (Å²) in [5.41, 5.74) is 1.57. The van der Waals surface area contributed by atoms with Gasteiger partial charge in [-0.25, -0.2) is 29.9 Å². The van der Waals surface area contributed by atoms with Crippen LogP contribution >= 0.6 is 0 Å². The fourth-order valence-corrected chi connectivity index (χ4v) is 4.92. The van der Waals surface area contributed by atoms with Gasteiger partial charge in [0.05, 0.1) is 25.9 Å². The third-order valence-corrected chi connectivity index (χ3v) is 7.01. The van der Waals surface area contributed by atoms with Gasteiger partial charge in [0.15, 0.2) is 46.4 Å². The Labute approximate surface area is 224 Å². The fourth-order valence-electron chi connectivity index (χ4n) is 4.92. The summed E-state index contributed by atoms with van der Waals surface area (Å²) in [4.78, 5) is 25.6. The van der Waals surface area contributed by atoms with Gasteiger partial charge in [0, 0.05) is 13.1 Å². The van der Waals surface area contributed by atoms with Crippen LogP contribution in [0.25, 0.3) is 22.3 Å². The van der Waals surface area contributed by atoms with Crippen molar-refractivity contribution in [2.24, 2.45) is 0 Å². The van der Waals surface area contributed by atoms with Crippen molar-refractivity contribution in [1.82, 2.24) is 39.0 Å². The summed E-state index contributed by atoms with van der Waals surface area (Å²) < 4.78 is 14.1. The first-order chi connectivity index (χ1) is 19.4. The molecule has 0 saturated carbocycles. The molecule has 0 amide bonds. The number of hydrogen-bond donors (Lipinski definition) is 8. The Balaban J connectivity index is 1.13. The topological polar surface area (TPSA) is 251 Å². The maximum Gasteiger partial charge on any atom is 0.167 e. The Morgan fingerprint density at radius 3 is 1.43 bits per heavy atom. The van der Waals surface area contributed by atoms with Crippen LogP contribution in [-0.2, 0) is 9.47 Å². The number of aliphatic hydroxyl groups is 6. The third kappa shape index (κ3) is 4.39. The lowest BCUT2D eigenvalue weighted by Gasteiger charge is -2.16. The van der Waals surface area contributed by atoms with Gasteiger partial charge in [0.1, 0.15) is 49.3 Å². The highest BCUT2D eigenvalue weighted by Gasteiger charge is 2.45. The van der Waals surface area contributed by atoms with Gasteiger partial charge >= 0.3 is 0 Å². The van der Waals surface area contributed by atoms with Gasteiger partial charge in [-0.1, -0.05) is 0 Å². The minimum Gasteiger partial charge on any atom is -0.394 e. The molecular weight excluding hydrogens is 532 g/mol. The van der Waals surface area contributed by atoms with Crippen LogP contribution in [0.3, 0.4) is 0 Å². The van der Waals surface area contributed by atoms with E-state index in [4.69, 9.17) is 9.47 Å². The number of aromatic nitrogens is 8. The second-order valence-corrected chi connectivity index (χ2v) is 9.40. The normalized spacial score (nSPS) is 30.4. The number of nitrogens with zero attached hydrogens (tertiary/aromatic N) is 8. The summed E-state index contributed by atoms with van der Waals surface area (Å²) in [7, 11) is 0. The molecule has 2 aliphatic rings. The van der Waals surface area contributed by atoms with E-state index in [-0.39, 0.29) is 0 Å². The molecule has 214 valence electrons. The van der Waals surface area contributed by atoms with Crippen LogP contribution < -0.4 is 10.6 Å². The van der Waals surface area contributed by atoms with E-state index in [2.05, 4.69) is 40.5 Å². The summed E-state index contributed by atoms with van der Waals surface area (Å²) in [6.07, 6.45) is -3.37. The van der Waals surface area contributed by atoms with E-state index >= 15 is 0 Å². The Morgan fingerprint density at radius 1 is 0.625 bits per heavy atom. The van der Waals surface area contributed by atoms with Gasteiger partial charge in [0.2, 0.25) is 0 Å². The number of fused-ring (bicyclic) bond motifs is 2. The lowest BCUT2D eigenvalue weighted by Crippen LogP contribution is -2.33. The molecule has 18 heteroatoms. The lowest BCUT2D eigenvalue weighted by molar-refractivity contribution is -0.0511. The van der Waals surface area contributed by atoms with Crippen LogP contribution in [-0.4, -0.2) is 133 Å². The Kier molecular flexibility index (Phi) is 7.15. The molecule has 6 rings (SSSR count). The highest BCUT2D eigenvalue weighted by molar-refractivity contribution is 5.83. The minimum absolute atomic E-state index is 0.369. The molecule has 0 unspecified atom stereocenters. The predicted octanol–water partition coefficient (Wildman–Crippen LogP) is -3.29. The monoisotopic (exact) mass is 560 g/mol. The van der Waals surface area contributed by atoms with E-state index < -0.39 is 62.3 Å². The van der Waals surface area contributed by atoms with Crippen molar-refractivity contribution in [3.8, 4) is 0 Å². The van der Waals surface area contributed by atoms with Crippen molar-refractivity contribution in [2.45, 2.75) is 49.1 Å². The first kappa shape index (κ1) is 26.6. The molecule has 4 aromatic rings. The zero-order valence-electron chi connectivity index (χ0n) is 20.8. The SMILES string of the molecule is OC[C@@H]1O[C@H](n2cnc3c(NCCNc4ncnc5c4ncn5[C@H]4O[C@@H](CO)[C@H](O)[C@@H]4O)ncnc32)[C@@H](O)[C@H]1O. The number of aliphatic hydroxyl groups excluding tert-OH is 6. The number of rotatable bonds is 9. The van der Waals surface area contributed by atoms with Gasteiger partial charge in [-0.2, -0.15) is 0 Å². The number of ether oxygens (including phenoxy) is 2. The molecular formula is C22H28N10O8. The summed E-state index contributed by atoms with van der Waals surface area (Å²) >= 11 is 0. The van der Waals surface area contributed by atoms with Gasteiger partial charge < -0.3 is 50.7 Å². The number of nitrogens with one attached hydrogen (secondary N) is 2. The van der Waals surface area contributed by atoms with Crippen molar-refractivity contribution < 1.29 is 40.1 Å². The molecule has 0 radical (unpaired) electrons. The molecule has 18 nitrogen and oxygen atoms in total. The van der Waals surface area contributed by atoms with Crippen LogP contribution in [0.5, 0.6) is 0 Å². The fraction of sp³-hybridized carbons (Fsp3) is 0.545. The van der Waals surface area contributed by atoms with Crippen LogP contribution in [0.4, 0.5) is 11.6 Å². The smallest absolute Gasteiger partial charge is 0.167 e. The molecule has 0 aliphatic carbocycles. The largest absolute Gasteiger partial charge is 0.394 e. The quantitative estimate of drug-likeness (QED) is 0.0934. The molecule has 8 atom stereocenters. The zero-order valence-corrected chi connectivity index (χ0v) is 20.8. The van der Waals surface area contributed by atoms with Gasteiger partial charge in [-0.15, -0.1) is 0 Å². The van der Waals surface area contributed by atoms with Gasteiger partial charge in [0.25, 0.3) is 0 Å². The molecule has 0 spiro atoms. The Hall–Kier alpha value is -3.62. The van der Waals surface area contributed by atoms with E-state index in [0.717, 1.165) is 0 Å². The number of imidazole rings is 2. The van der Waals surface area contributed by atoms with Crippen molar-refractivity contribution >= 4 is 34.0 Å².